The molecule has 1 unspecified atom stereocenters. The standard InChI is InChI=1S/C8H11N5O/c1-2-3-8(9)12-6-5(7(14)13-8)10-4-11-6/h2,4,12H,1,3,9H2,(H,10,11)(H,13,14). The van der Waals surface area contributed by atoms with Gasteiger partial charge in [0.15, 0.2) is 11.5 Å². The summed E-state index contributed by atoms with van der Waals surface area (Å²) < 4.78 is 0. The molecule has 0 aromatic carbocycles. The van der Waals surface area contributed by atoms with Gasteiger partial charge in [-0.3, -0.25) is 10.5 Å². The smallest absolute Gasteiger partial charge is 0.276 e. The number of hydrogen-bond donors (Lipinski definition) is 4. The van der Waals surface area contributed by atoms with E-state index in [9.17, 15) is 4.79 Å². The average Bonchev–Trinajstić information content (AvgIpc) is 2.51. The van der Waals surface area contributed by atoms with Crippen LogP contribution in [0.3, 0.4) is 0 Å². The molecule has 2 heterocycles. The van der Waals surface area contributed by atoms with Crippen LogP contribution in [0.1, 0.15) is 16.9 Å². The first-order chi connectivity index (χ1) is 6.64. The van der Waals surface area contributed by atoms with Gasteiger partial charge in [0.2, 0.25) is 0 Å². The van der Waals surface area contributed by atoms with E-state index < -0.39 is 5.79 Å². The maximum atomic E-state index is 11.5. The molecule has 0 fully saturated rings. The highest BCUT2D eigenvalue weighted by Crippen LogP contribution is 2.19. The number of nitrogens with one attached hydrogen (secondary N) is 3. The molecule has 1 aliphatic heterocycles. The number of nitrogens with zero attached hydrogens (tertiary/aromatic N) is 1. The minimum Gasteiger partial charge on any atom is -0.335 e. The number of anilines is 1. The minimum atomic E-state index is -0.974. The van der Waals surface area contributed by atoms with Crippen LogP contribution in [0, 0.1) is 0 Å². The molecule has 1 amide bonds. The Morgan fingerprint density at radius 3 is 3.14 bits per heavy atom. The van der Waals surface area contributed by atoms with E-state index in [0.717, 1.165) is 0 Å². The van der Waals surface area contributed by atoms with Crippen molar-refractivity contribution in [3.8, 4) is 0 Å². The molecule has 0 aliphatic carbocycles. The predicted molar refractivity (Wildman–Crippen MR) is 51.4 cm³/mol. The fourth-order valence-corrected chi connectivity index (χ4v) is 1.41. The van der Waals surface area contributed by atoms with Crippen molar-refractivity contribution in [3.05, 3.63) is 24.7 Å². The molecule has 1 aromatic heterocycles. The lowest BCUT2D eigenvalue weighted by molar-refractivity contribution is 0.0898. The molecule has 0 radical (unpaired) electrons. The van der Waals surface area contributed by atoms with Gasteiger partial charge in [0.05, 0.1) is 6.33 Å². The Morgan fingerprint density at radius 2 is 2.43 bits per heavy atom. The largest absolute Gasteiger partial charge is 0.335 e. The molecule has 6 heteroatoms. The van der Waals surface area contributed by atoms with E-state index in [1.54, 1.807) is 6.08 Å². The first-order valence-electron chi connectivity index (χ1n) is 4.18. The second-order valence-electron chi connectivity index (χ2n) is 3.17. The van der Waals surface area contributed by atoms with E-state index in [1.807, 2.05) is 0 Å². The van der Waals surface area contributed by atoms with Crippen LogP contribution in [0.4, 0.5) is 5.82 Å². The molecular weight excluding hydrogens is 182 g/mol. The fourth-order valence-electron chi connectivity index (χ4n) is 1.41. The van der Waals surface area contributed by atoms with Gasteiger partial charge < -0.3 is 15.6 Å². The van der Waals surface area contributed by atoms with Crippen molar-refractivity contribution in [2.45, 2.75) is 12.2 Å². The summed E-state index contributed by atoms with van der Waals surface area (Å²) in [6, 6.07) is 0. The molecule has 1 aliphatic rings. The van der Waals surface area contributed by atoms with Gasteiger partial charge in [-0.05, 0) is 0 Å². The van der Waals surface area contributed by atoms with Crippen molar-refractivity contribution in [2.24, 2.45) is 5.73 Å². The van der Waals surface area contributed by atoms with Gasteiger partial charge in [0.1, 0.15) is 5.82 Å². The van der Waals surface area contributed by atoms with E-state index in [-0.39, 0.29) is 5.91 Å². The number of aromatic nitrogens is 2. The van der Waals surface area contributed by atoms with E-state index in [0.29, 0.717) is 17.9 Å². The highest BCUT2D eigenvalue weighted by atomic mass is 16.2. The zero-order chi connectivity index (χ0) is 10.2. The average molecular weight is 193 g/mol. The summed E-state index contributed by atoms with van der Waals surface area (Å²) in [7, 11) is 0. The first kappa shape index (κ1) is 8.76. The molecule has 0 saturated heterocycles. The van der Waals surface area contributed by atoms with Gasteiger partial charge in [-0.2, -0.15) is 0 Å². The van der Waals surface area contributed by atoms with Crippen LogP contribution in [-0.4, -0.2) is 21.7 Å². The van der Waals surface area contributed by atoms with Gasteiger partial charge in [-0.15, -0.1) is 6.58 Å². The summed E-state index contributed by atoms with van der Waals surface area (Å²) in [6.07, 6.45) is 3.50. The fraction of sp³-hybridized carbons (Fsp3) is 0.250. The quantitative estimate of drug-likeness (QED) is 0.487. The highest BCUT2D eigenvalue weighted by molar-refractivity contribution is 5.99. The molecule has 5 N–H and O–H groups in total. The Balaban J connectivity index is 2.33. The normalized spacial score (nSPS) is 24.8. The van der Waals surface area contributed by atoms with Gasteiger partial charge in [-0.25, -0.2) is 4.98 Å². The lowest BCUT2D eigenvalue weighted by atomic mass is 10.2. The van der Waals surface area contributed by atoms with Crippen molar-refractivity contribution >= 4 is 11.7 Å². The number of rotatable bonds is 2. The van der Waals surface area contributed by atoms with Gasteiger partial charge in [0.25, 0.3) is 5.91 Å². The monoisotopic (exact) mass is 193 g/mol. The number of fused-ring (bicyclic) bond motifs is 1. The second-order valence-corrected chi connectivity index (χ2v) is 3.17. The Bertz CT molecular complexity index is 385. The predicted octanol–water partition coefficient (Wildman–Crippen LogP) is -0.246. The molecule has 74 valence electrons. The molecule has 0 spiro atoms. The van der Waals surface area contributed by atoms with Crippen molar-refractivity contribution < 1.29 is 4.79 Å². The number of carbonyl (C=O) groups excluding carboxylic acids is 1. The molecule has 0 saturated carbocycles. The molecule has 6 nitrogen and oxygen atoms in total. The van der Waals surface area contributed by atoms with Crippen molar-refractivity contribution in [1.29, 1.82) is 0 Å². The first-order valence-corrected chi connectivity index (χ1v) is 4.18. The number of amides is 1. The number of aromatic amines is 1. The van der Waals surface area contributed by atoms with Crippen molar-refractivity contribution in [2.75, 3.05) is 5.32 Å². The van der Waals surface area contributed by atoms with Gasteiger partial charge >= 0.3 is 0 Å². The molecule has 2 rings (SSSR count). The van der Waals surface area contributed by atoms with Crippen LogP contribution in [0.15, 0.2) is 19.0 Å². The Kier molecular flexibility index (Phi) is 1.78. The topological polar surface area (TPSA) is 95.8 Å². The third-order valence-corrected chi connectivity index (χ3v) is 2.01. The summed E-state index contributed by atoms with van der Waals surface area (Å²) in [4.78, 5) is 18.1. The molecular formula is C8H11N5O. The number of nitrogens with two attached hydrogens (primary N) is 1. The maximum absolute atomic E-state index is 11.5. The van der Waals surface area contributed by atoms with Crippen LogP contribution in [0.5, 0.6) is 0 Å². The molecule has 0 bridgehead atoms. The third-order valence-electron chi connectivity index (χ3n) is 2.01. The van der Waals surface area contributed by atoms with E-state index in [4.69, 9.17) is 5.73 Å². The van der Waals surface area contributed by atoms with Crippen LogP contribution in [0.25, 0.3) is 0 Å². The summed E-state index contributed by atoms with van der Waals surface area (Å²) in [6.45, 7) is 3.57. The van der Waals surface area contributed by atoms with E-state index in [2.05, 4.69) is 27.2 Å². The zero-order valence-corrected chi connectivity index (χ0v) is 7.50. The Labute approximate surface area is 80.6 Å². The van der Waals surface area contributed by atoms with Crippen LogP contribution < -0.4 is 16.4 Å². The maximum Gasteiger partial charge on any atom is 0.276 e. The van der Waals surface area contributed by atoms with Crippen molar-refractivity contribution in [3.63, 3.8) is 0 Å². The Morgan fingerprint density at radius 1 is 1.64 bits per heavy atom. The van der Waals surface area contributed by atoms with E-state index in [1.165, 1.54) is 6.33 Å². The molecule has 14 heavy (non-hydrogen) atoms. The second kappa shape index (κ2) is 2.85. The van der Waals surface area contributed by atoms with Gasteiger partial charge in [0, 0.05) is 6.42 Å². The zero-order valence-electron chi connectivity index (χ0n) is 7.50. The van der Waals surface area contributed by atoms with Crippen LogP contribution >= 0.6 is 0 Å². The summed E-state index contributed by atoms with van der Waals surface area (Å²) in [5, 5.41) is 5.55. The minimum absolute atomic E-state index is 0.288. The lowest BCUT2D eigenvalue weighted by Crippen LogP contribution is -2.63. The molecule has 1 atom stereocenters. The van der Waals surface area contributed by atoms with Gasteiger partial charge in [-0.1, -0.05) is 6.08 Å². The highest BCUT2D eigenvalue weighted by Gasteiger charge is 2.34. The summed E-state index contributed by atoms with van der Waals surface area (Å²) in [5.41, 5.74) is 6.20. The summed E-state index contributed by atoms with van der Waals surface area (Å²) in [5.74, 6) is -0.722. The molecule has 1 aromatic rings. The number of carbonyl (C=O) groups is 1. The SMILES string of the molecule is C=CCC1(N)NC(=O)c2nc[nH]c2N1. The number of hydrogen-bond acceptors (Lipinski definition) is 4. The number of imidazole rings is 1. The van der Waals surface area contributed by atoms with E-state index >= 15 is 0 Å². The van der Waals surface area contributed by atoms with Crippen molar-refractivity contribution in [1.82, 2.24) is 15.3 Å². The van der Waals surface area contributed by atoms with Crippen LogP contribution in [0.2, 0.25) is 0 Å². The Hall–Kier alpha value is -1.82. The third kappa shape index (κ3) is 1.25. The lowest BCUT2D eigenvalue weighted by Gasteiger charge is -2.34. The number of H-pyrrole nitrogens is 1. The summed E-state index contributed by atoms with van der Waals surface area (Å²) >= 11 is 0. The van der Waals surface area contributed by atoms with Crippen LogP contribution in [-0.2, 0) is 0 Å².